The summed E-state index contributed by atoms with van der Waals surface area (Å²) in [7, 11) is 0. The molecule has 7 aromatic rings. The summed E-state index contributed by atoms with van der Waals surface area (Å²) in [4.78, 5) is 0. The van der Waals surface area contributed by atoms with Crippen LogP contribution in [0, 0.1) is 0 Å². The number of hydrogen-bond acceptors (Lipinski definition) is 1. The Morgan fingerprint density at radius 2 is 1.32 bits per heavy atom. The predicted octanol–water partition coefficient (Wildman–Crippen LogP) is 10.2. The fourth-order valence-corrected chi connectivity index (χ4v) is 7.34. The smallest absolute Gasteiger partial charge is 0.102 e. The molecule has 2 heteroatoms. The lowest BCUT2D eigenvalue weighted by Crippen LogP contribution is -2.14. The van der Waals surface area contributed by atoms with Crippen molar-refractivity contribution in [2.75, 3.05) is 0 Å². The van der Waals surface area contributed by atoms with Crippen molar-refractivity contribution in [3.63, 3.8) is 0 Å². The second kappa shape index (κ2) is 8.17. The molecule has 2 aromatic heterocycles. The molecule has 0 unspecified atom stereocenters. The standard InChI is InChI=1S/C39H30N2/c1-39(2)33-17-8-7-15-30(33)31-21-20-27(22-34(31)39)36-37(32-16-9-12-24-10-3-5-13-28(24)32)40-41-35(25-18-19-25)23-26-11-4-6-14-29(26)38(36)41/h3-17,20-23,25H,18-19H2,1-2H3. The van der Waals surface area contributed by atoms with Crippen LogP contribution in [0.15, 0.2) is 115 Å². The van der Waals surface area contributed by atoms with E-state index < -0.39 is 0 Å². The van der Waals surface area contributed by atoms with Crippen molar-refractivity contribution >= 4 is 27.1 Å². The first-order chi connectivity index (χ1) is 20.1. The third-order valence-corrected chi connectivity index (χ3v) is 9.56. The molecule has 0 N–H and O–H groups in total. The van der Waals surface area contributed by atoms with Crippen molar-refractivity contribution in [3.8, 4) is 33.5 Å². The van der Waals surface area contributed by atoms with Gasteiger partial charge in [0, 0.05) is 33.5 Å². The largest absolute Gasteiger partial charge is 0.236 e. The molecule has 2 heterocycles. The first kappa shape index (κ1) is 23.1. The van der Waals surface area contributed by atoms with Crippen LogP contribution in [0.4, 0.5) is 0 Å². The zero-order valence-electron chi connectivity index (χ0n) is 23.4. The van der Waals surface area contributed by atoms with Gasteiger partial charge in [-0.3, -0.25) is 0 Å². The Morgan fingerprint density at radius 3 is 2.17 bits per heavy atom. The summed E-state index contributed by atoms with van der Waals surface area (Å²) in [6.45, 7) is 4.73. The van der Waals surface area contributed by atoms with Gasteiger partial charge in [0.2, 0.25) is 0 Å². The van der Waals surface area contributed by atoms with Gasteiger partial charge >= 0.3 is 0 Å². The molecule has 5 aromatic carbocycles. The second-order valence-electron chi connectivity index (χ2n) is 12.4. The Hall–Kier alpha value is -4.69. The fourth-order valence-electron chi connectivity index (χ4n) is 7.34. The molecular formula is C39H30N2. The minimum absolute atomic E-state index is 0.0637. The SMILES string of the molecule is CC1(C)c2ccccc2-c2ccc(-c3c(-c4cccc5ccccc45)nn4c(C5CC5)cc5ccccc5c34)cc21. The van der Waals surface area contributed by atoms with Gasteiger partial charge in [0.05, 0.1) is 5.52 Å². The normalized spacial score (nSPS) is 15.5. The number of aromatic nitrogens is 2. The molecule has 1 saturated carbocycles. The van der Waals surface area contributed by atoms with Gasteiger partial charge in [-0.2, -0.15) is 5.10 Å². The topological polar surface area (TPSA) is 17.3 Å². The van der Waals surface area contributed by atoms with E-state index in [1.165, 1.54) is 84.5 Å². The summed E-state index contributed by atoms with van der Waals surface area (Å²) >= 11 is 0. The molecule has 0 spiro atoms. The maximum Gasteiger partial charge on any atom is 0.102 e. The number of fused-ring (bicyclic) bond motifs is 7. The number of rotatable bonds is 3. The van der Waals surface area contributed by atoms with Crippen molar-refractivity contribution in [1.82, 2.24) is 9.61 Å². The molecular weight excluding hydrogens is 496 g/mol. The van der Waals surface area contributed by atoms with Gasteiger partial charge in [-0.25, -0.2) is 4.52 Å². The molecule has 1 fully saturated rings. The van der Waals surface area contributed by atoms with E-state index in [0.717, 1.165) is 5.69 Å². The van der Waals surface area contributed by atoms with E-state index >= 15 is 0 Å². The molecule has 2 aliphatic carbocycles. The molecule has 0 radical (unpaired) electrons. The van der Waals surface area contributed by atoms with E-state index in [0.29, 0.717) is 5.92 Å². The Labute approximate surface area is 239 Å². The van der Waals surface area contributed by atoms with E-state index in [1.807, 2.05) is 0 Å². The summed E-state index contributed by atoms with van der Waals surface area (Å²) in [6, 6.07) is 42.6. The van der Waals surface area contributed by atoms with E-state index in [-0.39, 0.29) is 5.41 Å². The van der Waals surface area contributed by atoms with E-state index in [2.05, 4.69) is 134 Å². The molecule has 41 heavy (non-hydrogen) atoms. The Balaban J connectivity index is 1.42. The van der Waals surface area contributed by atoms with Gasteiger partial charge in [0.1, 0.15) is 5.69 Å². The predicted molar refractivity (Wildman–Crippen MR) is 171 cm³/mol. The van der Waals surface area contributed by atoms with Gasteiger partial charge in [-0.15, -0.1) is 0 Å². The van der Waals surface area contributed by atoms with Gasteiger partial charge in [0.15, 0.2) is 0 Å². The zero-order valence-corrected chi connectivity index (χ0v) is 23.4. The highest BCUT2D eigenvalue weighted by Crippen LogP contribution is 2.51. The Morgan fingerprint density at radius 1 is 0.634 bits per heavy atom. The highest BCUT2D eigenvalue weighted by Gasteiger charge is 2.36. The lowest BCUT2D eigenvalue weighted by Gasteiger charge is -2.22. The van der Waals surface area contributed by atoms with Crippen LogP contribution in [-0.4, -0.2) is 9.61 Å². The molecule has 0 aliphatic heterocycles. The van der Waals surface area contributed by atoms with Crippen molar-refractivity contribution in [2.24, 2.45) is 0 Å². The summed E-state index contributed by atoms with van der Waals surface area (Å²) in [5.74, 6) is 0.573. The van der Waals surface area contributed by atoms with E-state index in [1.54, 1.807) is 0 Å². The highest BCUT2D eigenvalue weighted by atomic mass is 15.2. The molecule has 2 nitrogen and oxygen atoms in total. The van der Waals surface area contributed by atoms with Crippen molar-refractivity contribution < 1.29 is 0 Å². The lowest BCUT2D eigenvalue weighted by molar-refractivity contribution is 0.660. The fraction of sp³-hybridized carbons (Fsp3) is 0.154. The first-order valence-electron chi connectivity index (χ1n) is 14.8. The van der Waals surface area contributed by atoms with Crippen molar-refractivity contribution in [2.45, 2.75) is 38.0 Å². The highest BCUT2D eigenvalue weighted by molar-refractivity contribution is 6.10. The van der Waals surface area contributed by atoms with Gasteiger partial charge < -0.3 is 0 Å². The maximum absolute atomic E-state index is 5.51. The minimum atomic E-state index is -0.0637. The monoisotopic (exact) mass is 526 g/mol. The van der Waals surface area contributed by atoms with Gasteiger partial charge in [-0.1, -0.05) is 117 Å². The third kappa shape index (κ3) is 3.22. The molecule has 0 bridgehead atoms. The van der Waals surface area contributed by atoms with Crippen LogP contribution in [-0.2, 0) is 5.41 Å². The maximum atomic E-state index is 5.51. The molecule has 2 aliphatic rings. The summed E-state index contributed by atoms with van der Waals surface area (Å²) in [5, 5.41) is 10.5. The number of hydrogen-bond donors (Lipinski definition) is 0. The number of benzene rings is 5. The number of pyridine rings is 1. The second-order valence-corrected chi connectivity index (χ2v) is 12.4. The molecule has 9 rings (SSSR count). The van der Waals surface area contributed by atoms with Crippen molar-refractivity contribution in [1.29, 1.82) is 0 Å². The van der Waals surface area contributed by atoms with Crippen LogP contribution in [0.2, 0.25) is 0 Å². The van der Waals surface area contributed by atoms with E-state index in [9.17, 15) is 0 Å². The Bertz CT molecular complexity index is 2190. The van der Waals surface area contributed by atoms with Gasteiger partial charge in [0.25, 0.3) is 0 Å². The third-order valence-electron chi connectivity index (χ3n) is 9.56. The Kier molecular flexibility index (Phi) is 4.60. The number of nitrogens with zero attached hydrogens (tertiary/aromatic N) is 2. The zero-order chi connectivity index (χ0) is 27.3. The van der Waals surface area contributed by atoms with Gasteiger partial charge in [-0.05, 0) is 69.0 Å². The summed E-state index contributed by atoms with van der Waals surface area (Å²) in [6.07, 6.45) is 2.47. The molecule has 0 atom stereocenters. The lowest BCUT2D eigenvalue weighted by atomic mass is 9.81. The minimum Gasteiger partial charge on any atom is -0.236 e. The van der Waals surface area contributed by atoms with Crippen molar-refractivity contribution in [3.05, 3.63) is 132 Å². The van der Waals surface area contributed by atoms with Crippen LogP contribution in [0.3, 0.4) is 0 Å². The molecule has 0 amide bonds. The van der Waals surface area contributed by atoms with Crippen LogP contribution >= 0.6 is 0 Å². The van der Waals surface area contributed by atoms with Crippen LogP contribution < -0.4 is 0 Å². The average molecular weight is 527 g/mol. The van der Waals surface area contributed by atoms with Crippen LogP contribution in [0.5, 0.6) is 0 Å². The summed E-state index contributed by atoms with van der Waals surface area (Å²) < 4.78 is 2.29. The quantitative estimate of drug-likeness (QED) is 0.224. The van der Waals surface area contributed by atoms with Crippen LogP contribution in [0.1, 0.15) is 49.4 Å². The molecule has 0 saturated heterocycles. The van der Waals surface area contributed by atoms with E-state index in [4.69, 9.17) is 5.10 Å². The molecule has 196 valence electrons. The first-order valence-corrected chi connectivity index (χ1v) is 14.8. The summed E-state index contributed by atoms with van der Waals surface area (Å²) in [5.41, 5.74) is 12.7. The van der Waals surface area contributed by atoms with Crippen LogP contribution in [0.25, 0.3) is 60.6 Å². The average Bonchev–Trinajstić information content (AvgIpc) is 3.74.